The van der Waals surface area contributed by atoms with Crippen LogP contribution in [0.15, 0.2) is 79.3 Å². The molecular formula is C26H16N4O6S. The van der Waals surface area contributed by atoms with Crippen LogP contribution in [0, 0.1) is 4.77 Å². The van der Waals surface area contributed by atoms with E-state index in [-0.39, 0.29) is 50.4 Å². The average Bonchev–Trinajstić information content (AvgIpc) is 3.36. The number of aromatic hydroxyl groups is 2. The van der Waals surface area contributed by atoms with E-state index in [1.807, 2.05) is 0 Å². The van der Waals surface area contributed by atoms with Crippen molar-refractivity contribution in [2.24, 2.45) is 7.05 Å². The molecule has 0 aliphatic carbocycles. The fourth-order valence-electron chi connectivity index (χ4n) is 4.41. The van der Waals surface area contributed by atoms with Gasteiger partial charge >= 0.3 is 0 Å². The van der Waals surface area contributed by atoms with E-state index in [0.29, 0.717) is 22.0 Å². The van der Waals surface area contributed by atoms with Gasteiger partial charge in [-0.05, 0) is 42.5 Å². The number of benzene rings is 2. The predicted octanol–water partition coefficient (Wildman–Crippen LogP) is 4.45. The monoisotopic (exact) mass is 512 g/mol. The molecule has 2 aromatic carbocycles. The van der Waals surface area contributed by atoms with Crippen molar-refractivity contribution in [1.82, 2.24) is 19.7 Å². The summed E-state index contributed by atoms with van der Waals surface area (Å²) >= 11 is 5.08. The smallest absolute Gasteiger partial charge is 0.265 e. The number of nitrogens with one attached hydrogen (secondary N) is 1. The van der Waals surface area contributed by atoms with Gasteiger partial charge < -0.3 is 23.7 Å². The molecule has 6 rings (SSSR count). The molecule has 0 spiro atoms. The van der Waals surface area contributed by atoms with Crippen LogP contribution in [0.3, 0.4) is 0 Å². The van der Waals surface area contributed by atoms with Crippen LogP contribution in [-0.2, 0) is 7.05 Å². The molecule has 182 valence electrons. The van der Waals surface area contributed by atoms with Crippen molar-refractivity contribution in [3.63, 3.8) is 0 Å². The van der Waals surface area contributed by atoms with Crippen molar-refractivity contribution >= 4 is 23.1 Å². The van der Waals surface area contributed by atoms with Crippen LogP contribution in [0.4, 0.5) is 0 Å². The van der Waals surface area contributed by atoms with Gasteiger partial charge in [-0.15, -0.1) is 0 Å². The Morgan fingerprint density at radius 3 is 2.54 bits per heavy atom. The lowest BCUT2D eigenvalue weighted by molar-refractivity contribution is 0.426. The van der Waals surface area contributed by atoms with E-state index >= 15 is 0 Å². The molecule has 0 saturated carbocycles. The normalized spacial score (nSPS) is 11.4. The van der Waals surface area contributed by atoms with E-state index in [1.54, 1.807) is 49.5 Å². The lowest BCUT2D eigenvalue weighted by atomic mass is 9.96. The number of nitrogens with zero attached hydrogens (tertiary/aromatic N) is 3. The summed E-state index contributed by atoms with van der Waals surface area (Å²) in [5.41, 5.74) is 0.212. The quantitative estimate of drug-likeness (QED) is 0.293. The number of aromatic amines is 1. The highest BCUT2D eigenvalue weighted by atomic mass is 32.1. The summed E-state index contributed by atoms with van der Waals surface area (Å²) in [5, 5.41) is 25.9. The molecule has 0 saturated heterocycles. The highest BCUT2D eigenvalue weighted by Gasteiger charge is 2.28. The molecule has 2 aliphatic rings. The topological polar surface area (TPSA) is 147 Å². The minimum atomic E-state index is -0.583. The van der Waals surface area contributed by atoms with Gasteiger partial charge in [0.05, 0.1) is 22.8 Å². The number of aryl methyl sites for hydroxylation is 1. The van der Waals surface area contributed by atoms with E-state index in [2.05, 4.69) is 15.1 Å². The number of phenols is 1. The van der Waals surface area contributed by atoms with Gasteiger partial charge in [0.15, 0.2) is 5.76 Å². The summed E-state index contributed by atoms with van der Waals surface area (Å²) in [4.78, 5) is 33.0. The van der Waals surface area contributed by atoms with Gasteiger partial charge in [0.1, 0.15) is 28.4 Å². The number of pyridine rings is 1. The first-order valence-corrected chi connectivity index (χ1v) is 11.4. The number of para-hydroxylation sites is 2. The van der Waals surface area contributed by atoms with Crippen LogP contribution in [0.2, 0.25) is 0 Å². The molecule has 0 radical (unpaired) electrons. The van der Waals surface area contributed by atoms with Crippen molar-refractivity contribution in [2.45, 2.75) is 0 Å². The number of rotatable bonds is 3. The maximum atomic E-state index is 13.4. The fourth-order valence-corrected chi connectivity index (χ4v) is 4.59. The molecule has 4 heterocycles. The van der Waals surface area contributed by atoms with Gasteiger partial charge in [-0.2, -0.15) is 4.98 Å². The summed E-state index contributed by atoms with van der Waals surface area (Å²) in [6.07, 6.45) is 1.37. The maximum absolute atomic E-state index is 13.4. The largest absolute Gasteiger partial charge is 0.507 e. The minimum Gasteiger partial charge on any atom is -0.507 e. The molecule has 0 fully saturated rings. The van der Waals surface area contributed by atoms with Gasteiger partial charge in [0.2, 0.25) is 10.7 Å². The summed E-state index contributed by atoms with van der Waals surface area (Å²) in [5.74, 6) is -0.383. The molecule has 0 amide bonds. The molecule has 2 aromatic heterocycles. The Kier molecular flexibility index (Phi) is 5.02. The van der Waals surface area contributed by atoms with E-state index in [1.165, 1.54) is 22.9 Å². The number of aromatic nitrogens is 4. The van der Waals surface area contributed by atoms with Crippen LogP contribution < -0.4 is 11.1 Å². The maximum Gasteiger partial charge on any atom is 0.265 e. The number of hydrogen-bond donors (Lipinski definition) is 3. The van der Waals surface area contributed by atoms with Gasteiger partial charge in [-0.25, -0.2) is 0 Å². The van der Waals surface area contributed by atoms with Crippen LogP contribution in [0.5, 0.6) is 11.5 Å². The van der Waals surface area contributed by atoms with Crippen LogP contribution >= 0.6 is 12.2 Å². The van der Waals surface area contributed by atoms with Crippen LogP contribution in [0.1, 0.15) is 0 Å². The zero-order valence-electron chi connectivity index (χ0n) is 19.1. The summed E-state index contributed by atoms with van der Waals surface area (Å²) in [7, 11) is 1.58. The molecule has 37 heavy (non-hydrogen) atoms. The molecule has 0 unspecified atom stereocenters. The zero-order valence-corrected chi connectivity index (χ0v) is 19.9. The first kappa shape index (κ1) is 22.4. The van der Waals surface area contributed by atoms with Crippen molar-refractivity contribution in [2.75, 3.05) is 0 Å². The van der Waals surface area contributed by atoms with Gasteiger partial charge in [-0.1, -0.05) is 29.4 Å². The van der Waals surface area contributed by atoms with Crippen molar-refractivity contribution in [1.29, 1.82) is 0 Å². The Balaban J connectivity index is 1.73. The standard InChI is InChI=1S/C26H16N4O6S/c1-30-16-8-4-2-6-12(16)21(32)20(25(30)34)18-10-14(19-23(33)28-26(37)29-24(19)35-18)15-11-27-36-22(15)13-7-3-5-9-17(13)31/h2-11,31-32H,1H3,(H,28,33,37). The zero-order chi connectivity index (χ0) is 25.8. The number of fused-ring (bicyclic) bond motifs is 2. The molecule has 10 nitrogen and oxygen atoms in total. The van der Waals surface area contributed by atoms with E-state index < -0.39 is 11.1 Å². The van der Waals surface area contributed by atoms with Gasteiger partial charge in [0, 0.05) is 18.0 Å². The number of H-pyrrole nitrogens is 1. The van der Waals surface area contributed by atoms with Crippen LogP contribution in [-0.4, -0.2) is 29.9 Å². The first-order chi connectivity index (χ1) is 17.8. The second kappa shape index (κ2) is 8.28. The molecule has 0 bridgehead atoms. The second-order valence-corrected chi connectivity index (χ2v) is 8.65. The Labute approximate surface area is 212 Å². The van der Waals surface area contributed by atoms with E-state index in [4.69, 9.17) is 21.2 Å². The predicted molar refractivity (Wildman–Crippen MR) is 137 cm³/mol. The average molecular weight is 513 g/mol. The molecular weight excluding hydrogens is 496 g/mol. The van der Waals surface area contributed by atoms with Crippen LogP contribution in [0.25, 0.3) is 56.1 Å². The van der Waals surface area contributed by atoms with Crippen molar-refractivity contribution < 1.29 is 19.2 Å². The van der Waals surface area contributed by atoms with E-state index in [9.17, 15) is 19.8 Å². The van der Waals surface area contributed by atoms with E-state index in [0.717, 1.165) is 0 Å². The highest BCUT2D eigenvalue weighted by molar-refractivity contribution is 7.71. The van der Waals surface area contributed by atoms with Crippen molar-refractivity contribution in [3.05, 3.63) is 86.3 Å². The first-order valence-electron chi connectivity index (χ1n) is 11.0. The number of hydrogen-bond acceptors (Lipinski definition) is 9. The van der Waals surface area contributed by atoms with Gasteiger partial charge in [-0.3, -0.25) is 14.6 Å². The second-order valence-electron chi connectivity index (χ2n) is 8.27. The third-order valence-electron chi connectivity index (χ3n) is 6.15. The van der Waals surface area contributed by atoms with Gasteiger partial charge in [0.25, 0.3) is 11.1 Å². The Morgan fingerprint density at radius 1 is 0.973 bits per heavy atom. The molecule has 3 N–H and O–H groups in total. The molecule has 4 aromatic rings. The third kappa shape index (κ3) is 3.44. The molecule has 0 atom stereocenters. The minimum absolute atomic E-state index is 0.0225. The summed E-state index contributed by atoms with van der Waals surface area (Å²) < 4.78 is 12.6. The summed E-state index contributed by atoms with van der Waals surface area (Å²) in [6, 6.07) is 14.8. The Morgan fingerprint density at radius 2 is 1.73 bits per heavy atom. The molecule has 2 aliphatic heterocycles. The Hall–Kier alpha value is -5.03. The lowest BCUT2D eigenvalue weighted by Gasteiger charge is -2.15. The SMILES string of the molecule is Cn1c(=O)c(-c2cc(-c3cnoc3-c3ccccc3O)c3c(=O)[nH]c(=S)nc-3o2)c(O)c2ccccc21. The highest BCUT2D eigenvalue weighted by Crippen LogP contribution is 2.43. The summed E-state index contributed by atoms with van der Waals surface area (Å²) in [6.45, 7) is 0. The lowest BCUT2D eigenvalue weighted by Crippen LogP contribution is -2.20. The Bertz CT molecular complexity index is 2000. The van der Waals surface area contributed by atoms with Crippen molar-refractivity contribution in [3.8, 4) is 56.7 Å². The molecule has 11 heteroatoms. The fraction of sp³-hybridized carbons (Fsp3) is 0.0385. The third-order valence-corrected chi connectivity index (χ3v) is 6.34. The number of phenolic OH excluding ortho intramolecular Hbond substituents is 1.